The maximum atomic E-state index is 8.88. The Labute approximate surface area is 90.9 Å². The van der Waals surface area contributed by atoms with Gasteiger partial charge in [-0.25, -0.2) is 0 Å². The topological polar surface area (TPSA) is 53.2 Å². The van der Waals surface area contributed by atoms with Gasteiger partial charge < -0.3 is 9.84 Å². The number of hydrogen-bond acceptors (Lipinski definition) is 3. The molecule has 0 aromatic heterocycles. The van der Waals surface area contributed by atoms with Crippen LogP contribution in [0.4, 0.5) is 0 Å². The van der Waals surface area contributed by atoms with E-state index in [9.17, 15) is 0 Å². The van der Waals surface area contributed by atoms with E-state index in [1.165, 1.54) is 0 Å². The van der Waals surface area contributed by atoms with E-state index in [4.69, 9.17) is 15.1 Å². The van der Waals surface area contributed by atoms with Crippen LogP contribution in [0.3, 0.4) is 0 Å². The Morgan fingerprint density at radius 2 is 2.13 bits per heavy atom. The van der Waals surface area contributed by atoms with Crippen LogP contribution in [0.15, 0.2) is 18.2 Å². The molecule has 0 heterocycles. The molecule has 0 aliphatic carbocycles. The second-order valence-corrected chi connectivity index (χ2v) is 3.27. The van der Waals surface area contributed by atoms with Crippen molar-refractivity contribution in [2.75, 3.05) is 0 Å². The van der Waals surface area contributed by atoms with E-state index in [0.29, 0.717) is 11.3 Å². The lowest BCUT2D eigenvalue weighted by Gasteiger charge is -2.11. The van der Waals surface area contributed by atoms with Gasteiger partial charge in [-0.15, -0.1) is 0 Å². The number of nitrogens with zero attached hydrogens (tertiary/aromatic N) is 1. The fraction of sp³-hybridized carbons (Fsp3) is 0.417. The van der Waals surface area contributed by atoms with Crippen LogP contribution in [0, 0.1) is 11.3 Å². The van der Waals surface area contributed by atoms with E-state index in [-0.39, 0.29) is 20.1 Å². The first-order valence-electron chi connectivity index (χ1n) is 4.48. The SMILES string of the molecule is C.CC(C)Oc1ccc(CO)cc1C#N. The standard InChI is InChI=1S/C11H13NO2.CH4/c1-8(2)14-11-4-3-9(7-13)5-10(11)6-12;/h3-5,8,13H,7H2,1-2H3;1H4. The number of rotatable bonds is 3. The van der Waals surface area contributed by atoms with Crippen molar-refractivity contribution in [3.05, 3.63) is 29.3 Å². The van der Waals surface area contributed by atoms with Crippen molar-refractivity contribution in [3.63, 3.8) is 0 Å². The van der Waals surface area contributed by atoms with Crippen molar-refractivity contribution < 1.29 is 9.84 Å². The second kappa shape index (κ2) is 6.05. The number of aliphatic hydroxyl groups excluding tert-OH is 1. The molecular formula is C12H17NO2. The van der Waals surface area contributed by atoms with Gasteiger partial charge in [-0.2, -0.15) is 5.26 Å². The molecular weight excluding hydrogens is 190 g/mol. The highest BCUT2D eigenvalue weighted by atomic mass is 16.5. The van der Waals surface area contributed by atoms with Gasteiger partial charge in [-0.1, -0.05) is 13.5 Å². The van der Waals surface area contributed by atoms with Crippen LogP contribution in [0.1, 0.15) is 32.4 Å². The lowest BCUT2D eigenvalue weighted by Crippen LogP contribution is -2.07. The molecule has 15 heavy (non-hydrogen) atoms. The van der Waals surface area contributed by atoms with E-state index in [1.807, 2.05) is 19.9 Å². The van der Waals surface area contributed by atoms with Crippen LogP contribution in [0.5, 0.6) is 5.75 Å². The minimum absolute atomic E-state index is 0. The number of aliphatic hydroxyl groups is 1. The Kier molecular flexibility index (Phi) is 5.43. The summed E-state index contributed by atoms with van der Waals surface area (Å²) in [5.41, 5.74) is 1.18. The van der Waals surface area contributed by atoms with Crippen molar-refractivity contribution in [3.8, 4) is 11.8 Å². The summed E-state index contributed by atoms with van der Waals surface area (Å²) >= 11 is 0. The van der Waals surface area contributed by atoms with E-state index >= 15 is 0 Å². The van der Waals surface area contributed by atoms with Gasteiger partial charge in [0.05, 0.1) is 18.3 Å². The van der Waals surface area contributed by atoms with Gasteiger partial charge in [0.25, 0.3) is 0 Å². The maximum Gasteiger partial charge on any atom is 0.137 e. The molecule has 3 heteroatoms. The summed E-state index contributed by atoms with van der Waals surface area (Å²) in [4.78, 5) is 0. The molecule has 1 rings (SSSR count). The molecule has 0 aliphatic rings. The van der Waals surface area contributed by atoms with Crippen molar-refractivity contribution in [2.45, 2.75) is 34.0 Å². The van der Waals surface area contributed by atoms with Gasteiger partial charge in [0.15, 0.2) is 0 Å². The highest BCUT2D eigenvalue weighted by Gasteiger charge is 2.05. The van der Waals surface area contributed by atoms with E-state index < -0.39 is 0 Å². The summed E-state index contributed by atoms with van der Waals surface area (Å²) in [6.07, 6.45) is 0.0436. The summed E-state index contributed by atoms with van der Waals surface area (Å²) in [5.74, 6) is 0.569. The highest BCUT2D eigenvalue weighted by molar-refractivity contribution is 5.45. The predicted molar refractivity (Wildman–Crippen MR) is 59.6 cm³/mol. The summed E-state index contributed by atoms with van der Waals surface area (Å²) in [7, 11) is 0. The molecule has 3 nitrogen and oxygen atoms in total. The zero-order valence-corrected chi connectivity index (χ0v) is 8.32. The molecule has 0 atom stereocenters. The molecule has 0 saturated heterocycles. The minimum Gasteiger partial charge on any atom is -0.490 e. The fourth-order valence-electron chi connectivity index (χ4n) is 1.12. The molecule has 0 bridgehead atoms. The van der Waals surface area contributed by atoms with E-state index in [1.54, 1.807) is 18.2 Å². The first-order valence-corrected chi connectivity index (χ1v) is 4.48. The lowest BCUT2D eigenvalue weighted by molar-refractivity contribution is 0.241. The number of hydrogen-bond donors (Lipinski definition) is 1. The van der Waals surface area contributed by atoms with Crippen molar-refractivity contribution in [1.82, 2.24) is 0 Å². The summed E-state index contributed by atoms with van der Waals surface area (Å²) in [5, 5.41) is 17.7. The van der Waals surface area contributed by atoms with Crippen LogP contribution < -0.4 is 4.74 Å². The number of ether oxygens (including phenoxy) is 1. The first-order chi connectivity index (χ1) is 6.67. The zero-order chi connectivity index (χ0) is 10.6. The Hall–Kier alpha value is -1.53. The second-order valence-electron chi connectivity index (χ2n) is 3.27. The average Bonchev–Trinajstić information content (AvgIpc) is 2.17. The molecule has 0 amide bonds. The molecule has 0 aliphatic heterocycles. The molecule has 0 radical (unpaired) electrons. The van der Waals surface area contributed by atoms with E-state index in [0.717, 1.165) is 5.56 Å². The molecule has 1 aromatic carbocycles. The molecule has 0 spiro atoms. The third-order valence-corrected chi connectivity index (χ3v) is 1.71. The van der Waals surface area contributed by atoms with Crippen molar-refractivity contribution in [1.29, 1.82) is 5.26 Å². The molecule has 0 unspecified atom stereocenters. The molecule has 0 saturated carbocycles. The summed E-state index contributed by atoms with van der Waals surface area (Å²) < 4.78 is 5.43. The third-order valence-electron chi connectivity index (χ3n) is 1.71. The largest absolute Gasteiger partial charge is 0.490 e. The van der Waals surface area contributed by atoms with E-state index in [2.05, 4.69) is 0 Å². The van der Waals surface area contributed by atoms with Crippen molar-refractivity contribution in [2.24, 2.45) is 0 Å². The minimum atomic E-state index is -0.0589. The number of nitriles is 1. The monoisotopic (exact) mass is 207 g/mol. The Morgan fingerprint density at radius 3 is 2.60 bits per heavy atom. The van der Waals surface area contributed by atoms with Gasteiger partial charge >= 0.3 is 0 Å². The van der Waals surface area contributed by atoms with Crippen LogP contribution >= 0.6 is 0 Å². The molecule has 1 N–H and O–H groups in total. The van der Waals surface area contributed by atoms with Gasteiger partial charge in [0.2, 0.25) is 0 Å². The van der Waals surface area contributed by atoms with Gasteiger partial charge in [-0.05, 0) is 31.5 Å². The zero-order valence-electron chi connectivity index (χ0n) is 8.32. The predicted octanol–water partition coefficient (Wildman–Crippen LogP) is 2.47. The quantitative estimate of drug-likeness (QED) is 0.828. The van der Waals surface area contributed by atoms with Gasteiger partial charge in [0.1, 0.15) is 11.8 Å². The maximum absolute atomic E-state index is 8.88. The Bertz CT molecular complexity index is 353. The average molecular weight is 207 g/mol. The number of benzene rings is 1. The van der Waals surface area contributed by atoms with Crippen LogP contribution in [0.2, 0.25) is 0 Å². The third kappa shape index (κ3) is 3.61. The van der Waals surface area contributed by atoms with Gasteiger partial charge in [-0.3, -0.25) is 0 Å². The normalized spacial score (nSPS) is 9.27. The molecule has 1 aromatic rings. The fourth-order valence-corrected chi connectivity index (χ4v) is 1.12. The first kappa shape index (κ1) is 13.5. The Morgan fingerprint density at radius 1 is 1.47 bits per heavy atom. The molecule has 0 fully saturated rings. The Balaban J connectivity index is 0.00000196. The molecule has 82 valence electrons. The van der Waals surface area contributed by atoms with Crippen LogP contribution in [-0.4, -0.2) is 11.2 Å². The van der Waals surface area contributed by atoms with Gasteiger partial charge in [0, 0.05) is 0 Å². The highest BCUT2D eigenvalue weighted by Crippen LogP contribution is 2.20. The smallest absolute Gasteiger partial charge is 0.137 e. The lowest BCUT2D eigenvalue weighted by atomic mass is 10.1. The van der Waals surface area contributed by atoms with Crippen LogP contribution in [-0.2, 0) is 6.61 Å². The van der Waals surface area contributed by atoms with Crippen molar-refractivity contribution >= 4 is 0 Å². The summed E-state index contributed by atoms with van der Waals surface area (Å²) in [6.45, 7) is 3.75. The summed E-state index contributed by atoms with van der Waals surface area (Å²) in [6, 6.07) is 7.14. The van der Waals surface area contributed by atoms with Crippen LogP contribution in [0.25, 0.3) is 0 Å².